The fraction of sp³-hybridized carbons (Fsp3) is 0.278. The van der Waals surface area contributed by atoms with E-state index in [1.165, 1.54) is 0 Å². The third-order valence-electron chi connectivity index (χ3n) is 4.54. The van der Waals surface area contributed by atoms with Crippen molar-refractivity contribution in [1.82, 2.24) is 0 Å². The topological polar surface area (TPSA) is 66.5 Å². The van der Waals surface area contributed by atoms with E-state index < -0.39 is 10.0 Å². The van der Waals surface area contributed by atoms with E-state index in [1.54, 1.807) is 30.3 Å². The summed E-state index contributed by atoms with van der Waals surface area (Å²) in [4.78, 5) is 14.4. The summed E-state index contributed by atoms with van der Waals surface area (Å²) in [6, 6.07) is 11.9. The zero-order chi connectivity index (χ0) is 17.6. The Balaban J connectivity index is 1.56. The van der Waals surface area contributed by atoms with Crippen LogP contribution in [0.1, 0.15) is 18.4 Å². The largest absolute Gasteiger partial charge is 0.312 e. The normalized spacial score (nSPS) is 16.6. The molecule has 0 spiro atoms. The monoisotopic (exact) mass is 420 g/mol. The summed E-state index contributed by atoms with van der Waals surface area (Å²) in [5, 5.41) is 0. The number of carbonyl (C=O) groups is 1. The molecular formula is C18H17BrN2O3S. The molecule has 1 heterocycles. The van der Waals surface area contributed by atoms with Gasteiger partial charge in [-0.15, -0.1) is 0 Å². The van der Waals surface area contributed by atoms with Gasteiger partial charge in [0.2, 0.25) is 5.91 Å². The van der Waals surface area contributed by atoms with Crippen LogP contribution in [0.25, 0.3) is 0 Å². The van der Waals surface area contributed by atoms with E-state index in [2.05, 4.69) is 20.7 Å². The third kappa shape index (κ3) is 3.30. The molecule has 0 atom stereocenters. The SMILES string of the molecule is O=C(C1CC1)N1CCc2cc(NS(=O)(=O)c3ccc(Br)cc3)ccc21. The molecule has 130 valence electrons. The maximum Gasteiger partial charge on any atom is 0.261 e. The Morgan fingerprint density at radius 3 is 2.52 bits per heavy atom. The molecule has 0 bridgehead atoms. The fourth-order valence-electron chi connectivity index (χ4n) is 3.07. The second kappa shape index (κ2) is 6.14. The highest BCUT2D eigenvalue weighted by Crippen LogP contribution is 2.37. The van der Waals surface area contributed by atoms with Crippen molar-refractivity contribution >= 4 is 43.2 Å². The standard InChI is InChI=1S/C18H17BrN2O3S/c19-14-3-6-16(7-4-14)25(23,24)20-15-5-8-17-13(11-15)9-10-21(17)18(22)12-1-2-12/h3-8,11-12,20H,1-2,9-10H2. The van der Waals surface area contributed by atoms with Crippen LogP contribution in [0.3, 0.4) is 0 Å². The van der Waals surface area contributed by atoms with Crippen molar-refractivity contribution in [1.29, 1.82) is 0 Å². The molecule has 1 fully saturated rings. The zero-order valence-electron chi connectivity index (χ0n) is 13.4. The third-order valence-corrected chi connectivity index (χ3v) is 6.47. The van der Waals surface area contributed by atoms with E-state index in [9.17, 15) is 13.2 Å². The molecule has 1 aliphatic carbocycles. The number of halogens is 1. The molecule has 4 rings (SSSR count). The van der Waals surface area contributed by atoms with E-state index in [-0.39, 0.29) is 16.7 Å². The number of carbonyl (C=O) groups excluding carboxylic acids is 1. The number of nitrogens with zero attached hydrogens (tertiary/aromatic N) is 1. The minimum Gasteiger partial charge on any atom is -0.312 e. The van der Waals surface area contributed by atoms with Gasteiger partial charge in [0, 0.05) is 28.3 Å². The molecule has 1 N–H and O–H groups in total. The lowest BCUT2D eigenvalue weighted by molar-refractivity contribution is -0.119. The van der Waals surface area contributed by atoms with Gasteiger partial charge < -0.3 is 4.90 Å². The molecule has 0 aromatic heterocycles. The van der Waals surface area contributed by atoms with Crippen molar-refractivity contribution in [3.05, 3.63) is 52.5 Å². The lowest BCUT2D eigenvalue weighted by Crippen LogP contribution is -2.30. The molecule has 0 saturated heterocycles. The number of rotatable bonds is 4. The van der Waals surface area contributed by atoms with Crippen LogP contribution in [0.5, 0.6) is 0 Å². The Hall–Kier alpha value is -1.86. The zero-order valence-corrected chi connectivity index (χ0v) is 15.8. The van der Waals surface area contributed by atoms with Gasteiger partial charge in [-0.05, 0) is 67.3 Å². The van der Waals surface area contributed by atoms with Crippen LogP contribution >= 0.6 is 15.9 Å². The van der Waals surface area contributed by atoms with Gasteiger partial charge in [-0.1, -0.05) is 15.9 Å². The van der Waals surface area contributed by atoms with Gasteiger partial charge in [0.15, 0.2) is 0 Å². The summed E-state index contributed by atoms with van der Waals surface area (Å²) in [7, 11) is -3.63. The van der Waals surface area contributed by atoms with Crippen LogP contribution in [0.4, 0.5) is 11.4 Å². The summed E-state index contributed by atoms with van der Waals surface area (Å²) in [5.41, 5.74) is 2.43. The first kappa shape index (κ1) is 16.6. The van der Waals surface area contributed by atoms with Crippen molar-refractivity contribution in [3.8, 4) is 0 Å². The van der Waals surface area contributed by atoms with Crippen molar-refractivity contribution < 1.29 is 13.2 Å². The maximum atomic E-state index is 12.5. The Morgan fingerprint density at radius 1 is 1.12 bits per heavy atom. The molecule has 5 nitrogen and oxygen atoms in total. The van der Waals surface area contributed by atoms with Crippen molar-refractivity contribution in [2.24, 2.45) is 5.92 Å². The predicted molar refractivity (Wildman–Crippen MR) is 100 cm³/mol. The molecule has 1 saturated carbocycles. The number of benzene rings is 2. The van der Waals surface area contributed by atoms with Gasteiger partial charge in [-0.3, -0.25) is 9.52 Å². The van der Waals surface area contributed by atoms with Crippen LogP contribution in [0.15, 0.2) is 51.8 Å². The lowest BCUT2D eigenvalue weighted by Gasteiger charge is -2.17. The van der Waals surface area contributed by atoms with Gasteiger partial charge in [0.1, 0.15) is 0 Å². The number of anilines is 2. The number of amides is 1. The van der Waals surface area contributed by atoms with Gasteiger partial charge in [0.25, 0.3) is 10.0 Å². The average molecular weight is 421 g/mol. The summed E-state index contributed by atoms with van der Waals surface area (Å²) in [5.74, 6) is 0.378. The Kier molecular flexibility index (Phi) is 4.08. The van der Waals surface area contributed by atoms with E-state index in [0.29, 0.717) is 12.2 Å². The molecule has 0 radical (unpaired) electrons. The Bertz CT molecular complexity index is 937. The molecular weight excluding hydrogens is 404 g/mol. The van der Waals surface area contributed by atoms with Crippen LogP contribution in [-0.2, 0) is 21.2 Å². The smallest absolute Gasteiger partial charge is 0.261 e. The summed E-state index contributed by atoms with van der Waals surface area (Å²) in [6.07, 6.45) is 2.72. The second-order valence-corrected chi connectivity index (χ2v) is 9.02. The lowest BCUT2D eigenvalue weighted by atomic mass is 10.1. The first-order valence-electron chi connectivity index (χ1n) is 8.17. The van der Waals surface area contributed by atoms with Crippen LogP contribution in [0, 0.1) is 5.92 Å². The predicted octanol–water partition coefficient (Wildman–Crippen LogP) is 3.55. The van der Waals surface area contributed by atoms with E-state index in [0.717, 1.165) is 35.0 Å². The molecule has 7 heteroatoms. The molecule has 2 aromatic rings. The summed E-state index contributed by atoms with van der Waals surface area (Å²) >= 11 is 3.30. The van der Waals surface area contributed by atoms with Gasteiger partial charge in [-0.25, -0.2) is 8.42 Å². The van der Waals surface area contributed by atoms with Crippen LogP contribution in [0.2, 0.25) is 0 Å². The minimum atomic E-state index is -3.63. The molecule has 1 aliphatic heterocycles. The van der Waals surface area contributed by atoms with E-state index >= 15 is 0 Å². The number of hydrogen-bond donors (Lipinski definition) is 1. The maximum absolute atomic E-state index is 12.5. The van der Waals surface area contributed by atoms with Crippen molar-refractivity contribution in [2.45, 2.75) is 24.2 Å². The number of sulfonamides is 1. The minimum absolute atomic E-state index is 0.182. The highest BCUT2D eigenvalue weighted by atomic mass is 79.9. The highest BCUT2D eigenvalue weighted by Gasteiger charge is 2.36. The Labute approximate surface area is 155 Å². The summed E-state index contributed by atoms with van der Waals surface area (Å²) in [6.45, 7) is 0.674. The quantitative estimate of drug-likeness (QED) is 0.821. The summed E-state index contributed by atoms with van der Waals surface area (Å²) < 4.78 is 28.4. The first-order valence-corrected chi connectivity index (χ1v) is 10.4. The average Bonchev–Trinajstić information content (AvgIpc) is 3.34. The number of fused-ring (bicyclic) bond motifs is 1. The van der Waals surface area contributed by atoms with Crippen molar-refractivity contribution in [3.63, 3.8) is 0 Å². The fourth-order valence-corrected chi connectivity index (χ4v) is 4.39. The van der Waals surface area contributed by atoms with E-state index in [4.69, 9.17) is 0 Å². The Morgan fingerprint density at radius 2 is 1.84 bits per heavy atom. The number of hydrogen-bond acceptors (Lipinski definition) is 3. The molecule has 1 amide bonds. The molecule has 2 aliphatic rings. The molecule has 25 heavy (non-hydrogen) atoms. The van der Waals surface area contributed by atoms with Gasteiger partial charge in [0.05, 0.1) is 4.90 Å². The molecule has 0 unspecified atom stereocenters. The van der Waals surface area contributed by atoms with Crippen LogP contribution in [-0.4, -0.2) is 20.9 Å². The van der Waals surface area contributed by atoms with E-state index in [1.807, 2.05) is 17.0 Å². The molecule has 2 aromatic carbocycles. The number of nitrogens with one attached hydrogen (secondary N) is 1. The highest BCUT2D eigenvalue weighted by molar-refractivity contribution is 9.10. The van der Waals surface area contributed by atoms with Crippen molar-refractivity contribution in [2.75, 3.05) is 16.2 Å². The first-order chi connectivity index (χ1) is 11.9. The van der Waals surface area contributed by atoms with Crippen LogP contribution < -0.4 is 9.62 Å². The van der Waals surface area contributed by atoms with Gasteiger partial charge in [-0.2, -0.15) is 0 Å². The van der Waals surface area contributed by atoms with Gasteiger partial charge >= 0.3 is 0 Å². The second-order valence-electron chi connectivity index (χ2n) is 6.42.